The monoisotopic (exact) mass is 224 g/mol. The molecule has 16 heavy (non-hydrogen) atoms. The van der Waals surface area contributed by atoms with Crippen LogP contribution in [-0.4, -0.2) is 6.04 Å². The molecule has 2 aliphatic rings. The third-order valence-corrected chi connectivity index (χ3v) is 5.07. The van der Waals surface area contributed by atoms with E-state index in [4.69, 9.17) is 5.84 Å². The first kappa shape index (κ1) is 12.4. The van der Waals surface area contributed by atoms with Crippen molar-refractivity contribution in [2.75, 3.05) is 0 Å². The SMILES string of the molecule is CC1CCCC(C(NN)C2CCCC2C)C1. The summed E-state index contributed by atoms with van der Waals surface area (Å²) in [6.07, 6.45) is 9.82. The van der Waals surface area contributed by atoms with Gasteiger partial charge in [-0.1, -0.05) is 39.5 Å². The van der Waals surface area contributed by atoms with Crippen LogP contribution in [-0.2, 0) is 0 Å². The van der Waals surface area contributed by atoms with E-state index in [1.807, 2.05) is 0 Å². The second-order valence-electron chi connectivity index (χ2n) is 6.30. The molecular formula is C14H28N2. The lowest BCUT2D eigenvalue weighted by Gasteiger charge is -2.37. The van der Waals surface area contributed by atoms with E-state index >= 15 is 0 Å². The maximum absolute atomic E-state index is 5.84. The van der Waals surface area contributed by atoms with Crippen LogP contribution in [0.3, 0.4) is 0 Å². The molecule has 0 bridgehead atoms. The van der Waals surface area contributed by atoms with E-state index in [-0.39, 0.29) is 0 Å². The molecule has 94 valence electrons. The van der Waals surface area contributed by atoms with E-state index in [0.717, 1.165) is 23.7 Å². The van der Waals surface area contributed by atoms with Gasteiger partial charge >= 0.3 is 0 Å². The van der Waals surface area contributed by atoms with Crippen molar-refractivity contribution in [2.45, 2.75) is 64.8 Å². The molecule has 0 aromatic carbocycles. The first-order chi connectivity index (χ1) is 7.72. The maximum atomic E-state index is 5.84. The zero-order valence-electron chi connectivity index (χ0n) is 10.9. The van der Waals surface area contributed by atoms with Crippen LogP contribution < -0.4 is 11.3 Å². The van der Waals surface area contributed by atoms with E-state index in [1.165, 1.54) is 44.9 Å². The fourth-order valence-corrected chi connectivity index (χ4v) is 4.12. The zero-order chi connectivity index (χ0) is 11.5. The van der Waals surface area contributed by atoms with Gasteiger partial charge in [0.15, 0.2) is 0 Å². The van der Waals surface area contributed by atoms with Crippen LogP contribution in [0.15, 0.2) is 0 Å². The molecule has 0 amide bonds. The lowest BCUT2D eigenvalue weighted by atomic mass is 9.73. The van der Waals surface area contributed by atoms with E-state index in [9.17, 15) is 0 Å². The largest absolute Gasteiger partial charge is 0.271 e. The highest BCUT2D eigenvalue weighted by atomic mass is 15.2. The standard InChI is InChI=1S/C14H28N2/c1-10-5-3-7-12(9-10)14(16-15)13-8-4-6-11(13)2/h10-14,16H,3-9,15H2,1-2H3. The Hall–Kier alpha value is -0.0800. The first-order valence-electron chi connectivity index (χ1n) is 7.18. The average molecular weight is 224 g/mol. The first-order valence-corrected chi connectivity index (χ1v) is 7.18. The van der Waals surface area contributed by atoms with Crippen molar-refractivity contribution in [3.8, 4) is 0 Å². The van der Waals surface area contributed by atoms with Crippen LogP contribution in [0.2, 0.25) is 0 Å². The predicted octanol–water partition coefficient (Wildman–Crippen LogP) is 3.08. The predicted molar refractivity (Wildman–Crippen MR) is 68.7 cm³/mol. The summed E-state index contributed by atoms with van der Waals surface area (Å²) in [5.41, 5.74) is 3.16. The van der Waals surface area contributed by atoms with Crippen molar-refractivity contribution in [2.24, 2.45) is 29.5 Å². The van der Waals surface area contributed by atoms with Crippen LogP contribution in [0.4, 0.5) is 0 Å². The highest BCUT2D eigenvalue weighted by Crippen LogP contribution is 2.40. The average Bonchev–Trinajstić information content (AvgIpc) is 2.67. The summed E-state index contributed by atoms with van der Waals surface area (Å²) in [6.45, 7) is 4.81. The van der Waals surface area contributed by atoms with Gasteiger partial charge in [-0.25, -0.2) is 0 Å². The van der Waals surface area contributed by atoms with Crippen molar-refractivity contribution >= 4 is 0 Å². The van der Waals surface area contributed by atoms with Crippen molar-refractivity contribution in [1.29, 1.82) is 0 Å². The van der Waals surface area contributed by atoms with Gasteiger partial charge in [-0.2, -0.15) is 0 Å². The Bertz CT molecular complexity index is 217. The highest BCUT2D eigenvalue weighted by Gasteiger charge is 2.36. The van der Waals surface area contributed by atoms with Gasteiger partial charge in [0, 0.05) is 6.04 Å². The summed E-state index contributed by atoms with van der Waals surface area (Å²) in [7, 11) is 0. The third-order valence-electron chi connectivity index (χ3n) is 5.07. The number of hydrogen-bond donors (Lipinski definition) is 2. The highest BCUT2D eigenvalue weighted by molar-refractivity contribution is 4.90. The second-order valence-corrected chi connectivity index (χ2v) is 6.30. The summed E-state index contributed by atoms with van der Waals surface area (Å²) < 4.78 is 0. The van der Waals surface area contributed by atoms with Crippen LogP contribution in [0.25, 0.3) is 0 Å². The Morgan fingerprint density at radius 1 is 1.06 bits per heavy atom. The number of nitrogens with two attached hydrogens (primary N) is 1. The summed E-state index contributed by atoms with van der Waals surface area (Å²) in [4.78, 5) is 0. The molecule has 2 fully saturated rings. The zero-order valence-corrected chi connectivity index (χ0v) is 10.9. The van der Waals surface area contributed by atoms with E-state index in [2.05, 4.69) is 19.3 Å². The molecule has 0 aliphatic heterocycles. The Kier molecular flexibility index (Phi) is 4.26. The molecule has 0 saturated heterocycles. The second kappa shape index (κ2) is 5.50. The van der Waals surface area contributed by atoms with Crippen molar-refractivity contribution < 1.29 is 0 Å². The van der Waals surface area contributed by atoms with Gasteiger partial charge in [-0.05, 0) is 42.9 Å². The number of nitrogens with one attached hydrogen (secondary N) is 1. The van der Waals surface area contributed by atoms with Gasteiger partial charge < -0.3 is 0 Å². The molecule has 2 saturated carbocycles. The molecule has 2 nitrogen and oxygen atoms in total. The summed E-state index contributed by atoms with van der Waals surface area (Å²) in [6, 6.07) is 0.584. The fourth-order valence-electron chi connectivity index (χ4n) is 4.12. The molecule has 2 aliphatic carbocycles. The lowest BCUT2D eigenvalue weighted by molar-refractivity contribution is 0.159. The van der Waals surface area contributed by atoms with Crippen LogP contribution >= 0.6 is 0 Å². The van der Waals surface area contributed by atoms with Crippen molar-refractivity contribution in [3.05, 3.63) is 0 Å². The topological polar surface area (TPSA) is 38.0 Å². The Morgan fingerprint density at radius 3 is 2.38 bits per heavy atom. The number of hydrazine groups is 1. The van der Waals surface area contributed by atoms with Gasteiger partial charge in [-0.3, -0.25) is 11.3 Å². The lowest BCUT2D eigenvalue weighted by Crippen LogP contribution is -2.48. The molecule has 0 spiro atoms. The molecule has 0 aromatic rings. The minimum Gasteiger partial charge on any atom is -0.271 e. The molecule has 0 heterocycles. The molecule has 2 rings (SSSR count). The minimum absolute atomic E-state index is 0.584. The Labute approximate surface area is 100 Å². The molecule has 5 atom stereocenters. The van der Waals surface area contributed by atoms with E-state index in [0.29, 0.717) is 6.04 Å². The van der Waals surface area contributed by atoms with Crippen molar-refractivity contribution in [1.82, 2.24) is 5.43 Å². The Morgan fingerprint density at radius 2 is 1.81 bits per heavy atom. The molecule has 5 unspecified atom stereocenters. The quantitative estimate of drug-likeness (QED) is 0.571. The fraction of sp³-hybridized carbons (Fsp3) is 1.00. The number of rotatable bonds is 3. The molecule has 3 N–H and O–H groups in total. The van der Waals surface area contributed by atoms with Gasteiger partial charge in [0.2, 0.25) is 0 Å². The minimum atomic E-state index is 0.584. The maximum Gasteiger partial charge on any atom is 0.0269 e. The summed E-state index contributed by atoms with van der Waals surface area (Å²) in [5, 5.41) is 0. The molecule has 2 heteroatoms. The molecule has 0 radical (unpaired) electrons. The van der Waals surface area contributed by atoms with Gasteiger partial charge in [0.25, 0.3) is 0 Å². The third kappa shape index (κ3) is 2.60. The number of hydrogen-bond acceptors (Lipinski definition) is 2. The molecular weight excluding hydrogens is 196 g/mol. The van der Waals surface area contributed by atoms with Crippen molar-refractivity contribution in [3.63, 3.8) is 0 Å². The van der Waals surface area contributed by atoms with Gasteiger partial charge in [0.05, 0.1) is 0 Å². The molecule has 0 aromatic heterocycles. The van der Waals surface area contributed by atoms with Gasteiger partial charge in [0.1, 0.15) is 0 Å². The normalized spacial score (nSPS) is 42.2. The van der Waals surface area contributed by atoms with E-state index in [1.54, 1.807) is 0 Å². The van der Waals surface area contributed by atoms with Crippen LogP contribution in [0.5, 0.6) is 0 Å². The Balaban J connectivity index is 1.97. The summed E-state index contributed by atoms with van der Waals surface area (Å²) >= 11 is 0. The van der Waals surface area contributed by atoms with Crippen LogP contribution in [0.1, 0.15) is 58.8 Å². The smallest absolute Gasteiger partial charge is 0.0269 e. The van der Waals surface area contributed by atoms with Crippen LogP contribution in [0, 0.1) is 23.7 Å². The summed E-state index contributed by atoms with van der Waals surface area (Å²) in [5.74, 6) is 9.29. The van der Waals surface area contributed by atoms with Gasteiger partial charge in [-0.15, -0.1) is 0 Å². The van der Waals surface area contributed by atoms with E-state index < -0.39 is 0 Å².